The number of ether oxygens (including phenoxy) is 1. The van der Waals surface area contributed by atoms with Crippen molar-refractivity contribution in [3.8, 4) is 5.75 Å². The second-order valence-electron chi connectivity index (χ2n) is 5.69. The molecule has 2 rings (SSSR count). The van der Waals surface area contributed by atoms with E-state index in [9.17, 15) is 4.79 Å². The van der Waals surface area contributed by atoms with Crippen LogP contribution in [0.1, 0.15) is 31.2 Å². The largest absolute Gasteiger partial charge is 0.495 e. The van der Waals surface area contributed by atoms with E-state index in [-0.39, 0.29) is 5.91 Å². The van der Waals surface area contributed by atoms with Crippen molar-refractivity contribution in [2.24, 2.45) is 0 Å². The third kappa shape index (κ3) is 4.61. The van der Waals surface area contributed by atoms with Gasteiger partial charge in [0.1, 0.15) is 5.75 Å². The molecular weight excluding hydrogens is 288 g/mol. The van der Waals surface area contributed by atoms with Crippen LogP contribution in [0.4, 0.5) is 5.69 Å². The summed E-state index contributed by atoms with van der Waals surface area (Å²) in [5.41, 5.74) is 1.62. The second-order valence-corrected chi connectivity index (χ2v) is 6.10. The molecule has 0 aromatic heterocycles. The third-order valence-corrected chi connectivity index (χ3v) is 4.38. The van der Waals surface area contributed by atoms with Gasteiger partial charge in [0.2, 0.25) is 0 Å². The van der Waals surface area contributed by atoms with Gasteiger partial charge in [-0.25, -0.2) is 0 Å². The highest BCUT2D eigenvalue weighted by Gasteiger charge is 2.17. The number of carbonyl (C=O) groups is 1. The van der Waals surface area contributed by atoms with Crippen LogP contribution in [0.5, 0.6) is 5.75 Å². The van der Waals surface area contributed by atoms with E-state index in [2.05, 4.69) is 5.32 Å². The SMILES string of the molecule is COc1cc(Cl)c(C)cc1NC(=O)C[NH+]1CCCCCC1. The number of amides is 1. The molecule has 1 aromatic carbocycles. The van der Waals surface area contributed by atoms with Gasteiger partial charge in [-0.3, -0.25) is 4.79 Å². The molecular formula is C16H24ClN2O2+. The highest BCUT2D eigenvalue weighted by molar-refractivity contribution is 6.31. The van der Waals surface area contributed by atoms with Crippen LogP contribution in [0.25, 0.3) is 0 Å². The molecule has 2 N–H and O–H groups in total. The number of likely N-dealkylation sites (tertiary alicyclic amines) is 1. The Morgan fingerprint density at radius 1 is 1.29 bits per heavy atom. The van der Waals surface area contributed by atoms with E-state index in [0.717, 1.165) is 18.7 Å². The van der Waals surface area contributed by atoms with Gasteiger partial charge in [-0.15, -0.1) is 0 Å². The average Bonchev–Trinajstić information content (AvgIpc) is 2.71. The van der Waals surface area contributed by atoms with Gasteiger partial charge >= 0.3 is 0 Å². The summed E-state index contributed by atoms with van der Waals surface area (Å²) in [4.78, 5) is 13.6. The molecule has 0 atom stereocenters. The molecule has 0 bridgehead atoms. The molecule has 1 aliphatic rings. The number of rotatable bonds is 4. The molecule has 116 valence electrons. The van der Waals surface area contributed by atoms with Crippen molar-refractivity contribution in [3.05, 3.63) is 22.7 Å². The van der Waals surface area contributed by atoms with Gasteiger partial charge in [0, 0.05) is 11.1 Å². The summed E-state index contributed by atoms with van der Waals surface area (Å²) in [7, 11) is 1.58. The first-order chi connectivity index (χ1) is 10.1. The fraction of sp³-hybridized carbons (Fsp3) is 0.562. The molecule has 0 saturated carbocycles. The van der Waals surface area contributed by atoms with Crippen LogP contribution in [0.3, 0.4) is 0 Å². The minimum Gasteiger partial charge on any atom is -0.495 e. The lowest BCUT2D eigenvalue weighted by Gasteiger charge is -2.17. The van der Waals surface area contributed by atoms with Crippen molar-refractivity contribution < 1.29 is 14.4 Å². The van der Waals surface area contributed by atoms with Crippen LogP contribution in [0, 0.1) is 6.92 Å². The number of aryl methyl sites for hydroxylation is 1. The first-order valence-corrected chi connectivity index (χ1v) is 7.95. The Bertz CT molecular complexity index is 497. The summed E-state index contributed by atoms with van der Waals surface area (Å²) in [6.07, 6.45) is 5.00. The number of quaternary nitrogens is 1. The smallest absolute Gasteiger partial charge is 0.279 e. The minimum absolute atomic E-state index is 0.0342. The number of hydrogen-bond donors (Lipinski definition) is 2. The van der Waals surface area contributed by atoms with Gasteiger partial charge in [0.15, 0.2) is 6.54 Å². The zero-order chi connectivity index (χ0) is 15.2. The van der Waals surface area contributed by atoms with E-state index in [1.165, 1.54) is 30.6 Å². The van der Waals surface area contributed by atoms with Gasteiger partial charge in [-0.2, -0.15) is 0 Å². The molecule has 1 fully saturated rings. The van der Waals surface area contributed by atoms with Crippen molar-refractivity contribution in [1.29, 1.82) is 0 Å². The summed E-state index contributed by atoms with van der Waals surface area (Å²) in [6, 6.07) is 3.60. The quantitative estimate of drug-likeness (QED) is 0.894. The number of halogens is 1. The van der Waals surface area contributed by atoms with Crippen molar-refractivity contribution in [3.63, 3.8) is 0 Å². The molecule has 0 spiro atoms. The molecule has 0 radical (unpaired) electrons. The van der Waals surface area contributed by atoms with Crippen LogP contribution in [-0.2, 0) is 4.79 Å². The number of anilines is 1. The first kappa shape index (κ1) is 16.1. The maximum atomic E-state index is 12.2. The van der Waals surface area contributed by atoms with Crippen LogP contribution in [0.15, 0.2) is 12.1 Å². The monoisotopic (exact) mass is 311 g/mol. The molecule has 5 heteroatoms. The van der Waals surface area contributed by atoms with Crippen molar-refractivity contribution in [2.45, 2.75) is 32.6 Å². The lowest BCUT2D eigenvalue weighted by Crippen LogP contribution is -3.12. The second kappa shape index (κ2) is 7.66. The maximum absolute atomic E-state index is 12.2. The van der Waals surface area contributed by atoms with Gasteiger partial charge in [0.05, 0.1) is 25.9 Å². The Balaban J connectivity index is 2.00. The van der Waals surface area contributed by atoms with Gasteiger partial charge in [-0.1, -0.05) is 11.6 Å². The van der Waals surface area contributed by atoms with Crippen molar-refractivity contribution >= 4 is 23.2 Å². The fourth-order valence-corrected chi connectivity index (χ4v) is 2.91. The molecule has 0 unspecified atom stereocenters. The Kier molecular flexibility index (Phi) is 5.88. The highest BCUT2D eigenvalue weighted by Crippen LogP contribution is 2.30. The molecule has 1 amide bonds. The van der Waals surface area contributed by atoms with Crippen LogP contribution in [0.2, 0.25) is 5.02 Å². The lowest BCUT2D eigenvalue weighted by molar-refractivity contribution is -0.890. The van der Waals surface area contributed by atoms with E-state index in [1.807, 2.05) is 13.0 Å². The Hall–Kier alpha value is -1.26. The summed E-state index contributed by atoms with van der Waals surface area (Å²) >= 11 is 6.08. The van der Waals surface area contributed by atoms with Crippen molar-refractivity contribution in [1.82, 2.24) is 0 Å². The predicted molar refractivity (Wildman–Crippen MR) is 85.4 cm³/mol. The number of methoxy groups -OCH3 is 1. The topological polar surface area (TPSA) is 42.8 Å². The first-order valence-electron chi connectivity index (χ1n) is 7.57. The van der Waals surface area contributed by atoms with E-state index in [4.69, 9.17) is 16.3 Å². The molecule has 1 heterocycles. The molecule has 1 saturated heterocycles. The van der Waals surface area contributed by atoms with E-state index < -0.39 is 0 Å². The normalized spacial score (nSPS) is 16.3. The summed E-state index contributed by atoms with van der Waals surface area (Å²) in [6.45, 7) is 4.61. The number of benzene rings is 1. The molecule has 1 aliphatic heterocycles. The minimum atomic E-state index is 0.0342. The number of nitrogens with one attached hydrogen (secondary N) is 2. The zero-order valence-electron chi connectivity index (χ0n) is 12.8. The van der Waals surface area contributed by atoms with E-state index in [0.29, 0.717) is 23.0 Å². The third-order valence-electron chi connectivity index (χ3n) is 3.98. The van der Waals surface area contributed by atoms with Crippen molar-refractivity contribution in [2.75, 3.05) is 32.1 Å². The fourth-order valence-electron chi connectivity index (χ4n) is 2.76. The Morgan fingerprint density at radius 2 is 1.95 bits per heavy atom. The van der Waals surface area contributed by atoms with Crippen LogP contribution < -0.4 is 15.0 Å². The van der Waals surface area contributed by atoms with Crippen LogP contribution >= 0.6 is 11.6 Å². The predicted octanol–water partition coefficient (Wildman–Crippen LogP) is 2.05. The zero-order valence-corrected chi connectivity index (χ0v) is 13.6. The van der Waals surface area contributed by atoms with Gasteiger partial charge in [0.25, 0.3) is 5.91 Å². The van der Waals surface area contributed by atoms with Gasteiger partial charge in [-0.05, 0) is 44.2 Å². The van der Waals surface area contributed by atoms with Gasteiger partial charge < -0.3 is 15.0 Å². The molecule has 4 nitrogen and oxygen atoms in total. The Morgan fingerprint density at radius 3 is 2.57 bits per heavy atom. The number of hydrogen-bond acceptors (Lipinski definition) is 2. The Labute approximate surface area is 131 Å². The summed E-state index contributed by atoms with van der Waals surface area (Å²) < 4.78 is 5.29. The summed E-state index contributed by atoms with van der Waals surface area (Å²) in [5, 5.41) is 3.60. The van der Waals surface area contributed by atoms with E-state index in [1.54, 1.807) is 13.2 Å². The lowest BCUT2D eigenvalue weighted by atomic mass is 10.2. The molecule has 21 heavy (non-hydrogen) atoms. The average molecular weight is 312 g/mol. The molecule has 0 aliphatic carbocycles. The maximum Gasteiger partial charge on any atom is 0.279 e. The van der Waals surface area contributed by atoms with Crippen LogP contribution in [-0.4, -0.2) is 32.7 Å². The van der Waals surface area contributed by atoms with E-state index >= 15 is 0 Å². The summed E-state index contributed by atoms with van der Waals surface area (Å²) in [5.74, 6) is 0.636. The highest BCUT2D eigenvalue weighted by atomic mass is 35.5. The number of carbonyl (C=O) groups excluding carboxylic acids is 1. The molecule has 1 aromatic rings. The standard InChI is InChI=1S/C16H23ClN2O2/c1-12-9-14(15(21-2)10-13(12)17)18-16(20)11-19-7-5-3-4-6-8-19/h9-10H,3-8,11H2,1-2H3,(H,18,20)/p+1.